The Labute approximate surface area is 222 Å². The molecule has 0 unspecified atom stereocenters. The topological polar surface area (TPSA) is 74.8 Å². The molecule has 13 heteroatoms. The van der Waals surface area contributed by atoms with E-state index in [0.29, 0.717) is 31.0 Å². The minimum Gasteiger partial charge on any atom is -0.497 e. The maximum Gasteiger partial charge on any atom is 0.416 e. The summed E-state index contributed by atoms with van der Waals surface area (Å²) in [5.41, 5.74) is 0.224. The van der Waals surface area contributed by atoms with E-state index < -0.39 is 21.8 Å². The predicted molar refractivity (Wildman–Crippen MR) is 139 cm³/mol. The van der Waals surface area contributed by atoms with Gasteiger partial charge in [0.1, 0.15) is 11.6 Å². The minimum absolute atomic E-state index is 0. The zero-order valence-electron chi connectivity index (χ0n) is 19.0. The maximum absolute atomic E-state index is 12.7. The highest BCUT2D eigenvalue weighted by atomic mass is 79.9. The lowest BCUT2D eigenvalue weighted by Crippen LogP contribution is -2.47. The van der Waals surface area contributed by atoms with E-state index in [1.165, 1.54) is 12.3 Å². The van der Waals surface area contributed by atoms with E-state index in [0.717, 1.165) is 36.7 Å². The Morgan fingerprint density at radius 3 is 2.22 bits per heavy atom. The molecule has 36 heavy (non-hydrogen) atoms. The Hall–Kier alpha value is -2.70. The zero-order chi connectivity index (χ0) is 25.2. The number of hydrogen-bond donors (Lipinski definition) is 1. The van der Waals surface area contributed by atoms with Crippen LogP contribution in [0.15, 0.2) is 65.7 Å². The number of pyridine rings is 1. The second-order valence-corrected chi connectivity index (χ2v) is 9.92. The number of halogens is 5. The number of anilines is 3. The van der Waals surface area contributed by atoms with Crippen molar-refractivity contribution in [2.24, 2.45) is 0 Å². The van der Waals surface area contributed by atoms with Crippen LogP contribution in [0.25, 0.3) is 0 Å². The fraction of sp³-hybridized carbons (Fsp3) is 0.261. The molecule has 1 N–H and O–H groups in total. The Bertz CT molecular complexity index is 1300. The van der Waals surface area contributed by atoms with Gasteiger partial charge in [0.25, 0.3) is 10.0 Å². The van der Waals surface area contributed by atoms with Gasteiger partial charge in [-0.05, 0) is 42.5 Å². The summed E-state index contributed by atoms with van der Waals surface area (Å²) in [6.45, 7) is 2.77. The third kappa shape index (κ3) is 6.34. The molecule has 194 valence electrons. The van der Waals surface area contributed by atoms with Crippen molar-refractivity contribution in [2.45, 2.75) is 11.1 Å². The van der Waals surface area contributed by atoms with Crippen LogP contribution in [0.3, 0.4) is 0 Å². The molecule has 0 spiro atoms. The number of sulfonamides is 1. The van der Waals surface area contributed by atoms with Gasteiger partial charge in [-0.15, -0.1) is 17.0 Å². The van der Waals surface area contributed by atoms with Crippen LogP contribution in [0.4, 0.5) is 30.4 Å². The van der Waals surface area contributed by atoms with Gasteiger partial charge in [0.05, 0.1) is 34.5 Å². The monoisotopic (exact) mass is 606 g/mol. The SMILES string of the molecule is Br.COc1cccc(N2CCN(c3ncc(NS(=O)(=O)c4ccc(C(F)(F)F)cc4)cc3Cl)CC2)c1. The smallest absolute Gasteiger partial charge is 0.416 e. The van der Waals surface area contributed by atoms with Crippen LogP contribution in [-0.2, 0) is 16.2 Å². The number of aromatic nitrogens is 1. The molecule has 1 aromatic heterocycles. The van der Waals surface area contributed by atoms with Crippen molar-refractivity contribution in [1.82, 2.24) is 4.98 Å². The molecule has 3 aromatic rings. The van der Waals surface area contributed by atoms with E-state index in [-0.39, 0.29) is 32.6 Å². The van der Waals surface area contributed by atoms with E-state index in [9.17, 15) is 21.6 Å². The van der Waals surface area contributed by atoms with Crippen molar-refractivity contribution in [3.63, 3.8) is 0 Å². The van der Waals surface area contributed by atoms with Crippen LogP contribution >= 0.6 is 28.6 Å². The van der Waals surface area contributed by atoms with Gasteiger partial charge in [0.15, 0.2) is 0 Å². The number of alkyl halides is 3. The lowest BCUT2D eigenvalue weighted by Gasteiger charge is -2.37. The number of hydrogen-bond acceptors (Lipinski definition) is 6. The summed E-state index contributed by atoms with van der Waals surface area (Å²) < 4.78 is 71.0. The van der Waals surface area contributed by atoms with Crippen LogP contribution in [0.1, 0.15) is 5.56 Å². The number of nitrogens with one attached hydrogen (secondary N) is 1. The summed E-state index contributed by atoms with van der Waals surface area (Å²) in [5.74, 6) is 1.30. The lowest BCUT2D eigenvalue weighted by molar-refractivity contribution is -0.137. The van der Waals surface area contributed by atoms with Crippen LogP contribution < -0.4 is 19.3 Å². The first kappa shape index (κ1) is 27.9. The average Bonchev–Trinajstić information content (AvgIpc) is 2.84. The van der Waals surface area contributed by atoms with E-state index >= 15 is 0 Å². The Morgan fingerprint density at radius 2 is 1.64 bits per heavy atom. The molecule has 7 nitrogen and oxygen atoms in total. The number of nitrogens with zero attached hydrogens (tertiary/aromatic N) is 3. The Kier molecular flexibility index (Phi) is 8.63. The summed E-state index contributed by atoms with van der Waals surface area (Å²) in [6.07, 6.45) is -3.22. The van der Waals surface area contributed by atoms with Crippen LogP contribution in [0, 0.1) is 0 Å². The number of methoxy groups -OCH3 is 1. The molecule has 0 atom stereocenters. The summed E-state index contributed by atoms with van der Waals surface area (Å²) >= 11 is 6.41. The Morgan fingerprint density at radius 1 is 1.00 bits per heavy atom. The molecule has 1 saturated heterocycles. The first-order chi connectivity index (χ1) is 16.6. The van der Waals surface area contributed by atoms with E-state index in [1.54, 1.807) is 7.11 Å². The minimum atomic E-state index is -4.55. The highest BCUT2D eigenvalue weighted by Crippen LogP contribution is 2.31. The molecule has 0 bridgehead atoms. The van der Waals surface area contributed by atoms with Gasteiger partial charge in [-0.25, -0.2) is 13.4 Å². The number of piperazine rings is 1. The molecule has 0 amide bonds. The van der Waals surface area contributed by atoms with Crippen LogP contribution in [-0.4, -0.2) is 46.7 Å². The van der Waals surface area contributed by atoms with Crippen molar-refractivity contribution >= 4 is 55.8 Å². The molecule has 0 radical (unpaired) electrons. The van der Waals surface area contributed by atoms with Crippen molar-refractivity contribution in [1.29, 1.82) is 0 Å². The molecule has 4 rings (SSSR count). The predicted octanol–water partition coefficient (Wildman–Crippen LogP) is 5.47. The first-order valence-electron chi connectivity index (χ1n) is 10.6. The third-order valence-corrected chi connectivity index (χ3v) is 7.24. The average molecular weight is 608 g/mol. The third-order valence-electron chi connectivity index (χ3n) is 5.56. The Balaban J connectivity index is 0.00000361. The normalized spacial score (nSPS) is 14.2. The summed E-state index contributed by atoms with van der Waals surface area (Å²) in [4.78, 5) is 8.25. The second-order valence-electron chi connectivity index (χ2n) is 7.83. The molecular weight excluding hydrogens is 585 g/mol. The lowest BCUT2D eigenvalue weighted by atomic mass is 10.2. The van der Waals surface area contributed by atoms with Gasteiger partial charge in [0.2, 0.25) is 0 Å². The van der Waals surface area contributed by atoms with Gasteiger partial charge in [-0.2, -0.15) is 13.2 Å². The largest absolute Gasteiger partial charge is 0.497 e. The number of benzene rings is 2. The molecular formula is C23H23BrClF3N4O3S. The number of rotatable bonds is 6. The standard InChI is InChI=1S/C23H22ClF3N4O3S.BrH/c1-34-19-4-2-3-18(14-19)30-9-11-31(12-10-30)22-21(24)13-17(15-28-22)29-35(32,33)20-7-5-16(6-8-20)23(25,26)27;/h2-8,13-15,29H,9-12H2,1H3;1H. The summed E-state index contributed by atoms with van der Waals surface area (Å²) in [6, 6.07) is 12.5. The molecule has 1 aliphatic rings. The fourth-order valence-electron chi connectivity index (χ4n) is 3.74. The fourth-order valence-corrected chi connectivity index (χ4v) is 5.06. The second kappa shape index (κ2) is 11.1. The molecule has 1 fully saturated rings. The van der Waals surface area contributed by atoms with Gasteiger partial charge < -0.3 is 14.5 Å². The highest BCUT2D eigenvalue weighted by Gasteiger charge is 2.30. The first-order valence-corrected chi connectivity index (χ1v) is 12.4. The van der Waals surface area contributed by atoms with E-state index in [2.05, 4.69) is 14.6 Å². The number of ether oxygens (including phenoxy) is 1. The van der Waals surface area contributed by atoms with Crippen molar-refractivity contribution in [3.05, 3.63) is 71.4 Å². The van der Waals surface area contributed by atoms with E-state index in [4.69, 9.17) is 16.3 Å². The maximum atomic E-state index is 12.7. The van der Waals surface area contributed by atoms with Gasteiger partial charge in [-0.3, -0.25) is 4.72 Å². The van der Waals surface area contributed by atoms with Crippen LogP contribution in [0.2, 0.25) is 5.02 Å². The van der Waals surface area contributed by atoms with Crippen molar-refractivity contribution in [3.8, 4) is 5.75 Å². The van der Waals surface area contributed by atoms with Crippen molar-refractivity contribution in [2.75, 3.05) is 47.8 Å². The molecule has 1 aliphatic heterocycles. The van der Waals surface area contributed by atoms with E-state index in [1.807, 2.05) is 29.2 Å². The molecule has 2 aromatic carbocycles. The summed E-state index contributed by atoms with van der Waals surface area (Å²) in [5, 5.41) is 0.257. The van der Waals surface area contributed by atoms with Gasteiger partial charge >= 0.3 is 6.18 Å². The molecule has 2 heterocycles. The van der Waals surface area contributed by atoms with Crippen molar-refractivity contribution < 1.29 is 26.3 Å². The molecule has 0 saturated carbocycles. The zero-order valence-corrected chi connectivity index (χ0v) is 22.3. The summed E-state index contributed by atoms with van der Waals surface area (Å²) in [7, 11) is -2.50. The van der Waals surface area contributed by atoms with Crippen LogP contribution in [0.5, 0.6) is 5.75 Å². The highest BCUT2D eigenvalue weighted by molar-refractivity contribution is 8.93. The molecule has 0 aliphatic carbocycles. The quantitative estimate of drug-likeness (QED) is 0.401. The van der Waals surface area contributed by atoms with Gasteiger partial charge in [0, 0.05) is 37.9 Å². The van der Waals surface area contributed by atoms with Gasteiger partial charge in [-0.1, -0.05) is 17.7 Å².